The molecule has 0 saturated carbocycles. The van der Waals surface area contributed by atoms with E-state index in [1.807, 2.05) is 0 Å². The van der Waals surface area contributed by atoms with Crippen LogP contribution in [0.25, 0.3) is 0 Å². The fourth-order valence-electron chi connectivity index (χ4n) is 2.01. The zero-order valence-corrected chi connectivity index (χ0v) is 14.1. The van der Waals surface area contributed by atoms with Crippen molar-refractivity contribution in [3.63, 3.8) is 0 Å². The molecular formula is C16H12BrF2NO4. The standard InChI is InChI=1S/C16H12BrF2NO4/c1-9(21)24-14-7-11(8-20(14)5-4-18)16(23)15(22)10-2-3-13(19)12(17)6-10/h2-3,6-8H,4-5H2,1H3. The van der Waals surface area contributed by atoms with Gasteiger partial charge < -0.3 is 9.30 Å². The number of hydrogen-bond donors (Lipinski definition) is 0. The summed E-state index contributed by atoms with van der Waals surface area (Å²) >= 11 is 2.94. The lowest BCUT2D eigenvalue weighted by Crippen LogP contribution is -2.14. The fourth-order valence-corrected chi connectivity index (χ4v) is 2.39. The molecule has 1 aromatic carbocycles. The summed E-state index contributed by atoms with van der Waals surface area (Å²) in [7, 11) is 0. The highest BCUT2D eigenvalue weighted by molar-refractivity contribution is 9.10. The maximum atomic E-state index is 13.2. The minimum absolute atomic E-state index is 0.000512. The SMILES string of the molecule is CC(=O)Oc1cc(C(=O)C(=O)c2ccc(F)c(Br)c2)cn1CCF. The molecule has 0 amide bonds. The van der Waals surface area contributed by atoms with Crippen molar-refractivity contribution in [1.82, 2.24) is 4.57 Å². The molecule has 0 saturated heterocycles. The number of carbonyl (C=O) groups excluding carboxylic acids is 3. The van der Waals surface area contributed by atoms with Crippen molar-refractivity contribution in [3.8, 4) is 5.88 Å². The molecule has 2 rings (SSSR count). The summed E-state index contributed by atoms with van der Waals surface area (Å²) < 4.78 is 31.9. The number of nitrogens with zero attached hydrogens (tertiary/aromatic N) is 1. The van der Waals surface area contributed by atoms with Crippen LogP contribution in [0.3, 0.4) is 0 Å². The Balaban J connectivity index is 2.32. The summed E-state index contributed by atoms with van der Waals surface area (Å²) in [6.45, 7) is 0.289. The Bertz CT molecular complexity index is 816. The van der Waals surface area contributed by atoms with Gasteiger partial charge in [-0.25, -0.2) is 8.78 Å². The molecule has 0 unspecified atom stereocenters. The highest BCUT2D eigenvalue weighted by Gasteiger charge is 2.22. The second kappa shape index (κ2) is 7.48. The average Bonchev–Trinajstić information content (AvgIpc) is 2.91. The molecule has 2 aromatic rings. The van der Waals surface area contributed by atoms with E-state index in [1.165, 1.54) is 29.0 Å². The molecule has 0 aliphatic heterocycles. The van der Waals surface area contributed by atoms with E-state index in [-0.39, 0.29) is 28.0 Å². The van der Waals surface area contributed by atoms with Crippen molar-refractivity contribution in [1.29, 1.82) is 0 Å². The van der Waals surface area contributed by atoms with Gasteiger partial charge in [-0.05, 0) is 34.1 Å². The van der Waals surface area contributed by atoms with Crippen LogP contribution in [-0.2, 0) is 11.3 Å². The van der Waals surface area contributed by atoms with Gasteiger partial charge in [-0.2, -0.15) is 0 Å². The van der Waals surface area contributed by atoms with E-state index in [1.54, 1.807) is 0 Å². The molecular weight excluding hydrogens is 388 g/mol. The van der Waals surface area contributed by atoms with Crippen LogP contribution in [0.1, 0.15) is 27.6 Å². The summed E-state index contributed by atoms with van der Waals surface area (Å²) in [4.78, 5) is 35.6. The van der Waals surface area contributed by atoms with E-state index in [0.29, 0.717) is 0 Å². The highest BCUT2D eigenvalue weighted by atomic mass is 79.9. The van der Waals surface area contributed by atoms with Crippen LogP contribution in [0.15, 0.2) is 34.9 Å². The number of benzene rings is 1. The second-order valence-electron chi connectivity index (χ2n) is 4.83. The smallest absolute Gasteiger partial charge is 0.309 e. The molecule has 5 nitrogen and oxygen atoms in total. The first-order valence-corrected chi connectivity index (χ1v) is 7.61. The summed E-state index contributed by atoms with van der Waals surface area (Å²) in [5.41, 5.74) is -0.0503. The predicted octanol–water partition coefficient (Wildman–Crippen LogP) is 3.35. The highest BCUT2D eigenvalue weighted by Crippen LogP contribution is 2.21. The number of esters is 1. The van der Waals surface area contributed by atoms with E-state index in [2.05, 4.69) is 15.9 Å². The van der Waals surface area contributed by atoms with Gasteiger partial charge in [0.05, 0.1) is 11.0 Å². The summed E-state index contributed by atoms with van der Waals surface area (Å²) in [6, 6.07) is 4.63. The molecule has 0 N–H and O–H groups in total. The topological polar surface area (TPSA) is 65.4 Å². The van der Waals surface area contributed by atoms with Crippen LogP contribution < -0.4 is 4.74 Å². The molecule has 0 atom stereocenters. The Hall–Kier alpha value is -2.35. The first-order chi connectivity index (χ1) is 11.3. The van der Waals surface area contributed by atoms with Gasteiger partial charge in [0.2, 0.25) is 17.4 Å². The van der Waals surface area contributed by atoms with E-state index < -0.39 is 30.0 Å². The van der Waals surface area contributed by atoms with Gasteiger partial charge >= 0.3 is 5.97 Å². The van der Waals surface area contributed by atoms with Gasteiger partial charge in [0.15, 0.2) is 0 Å². The fraction of sp³-hybridized carbons (Fsp3) is 0.188. The molecule has 0 bridgehead atoms. The lowest BCUT2D eigenvalue weighted by atomic mass is 10.0. The van der Waals surface area contributed by atoms with Gasteiger partial charge in [0.25, 0.3) is 0 Å². The normalized spacial score (nSPS) is 10.5. The first-order valence-electron chi connectivity index (χ1n) is 6.82. The number of halogens is 3. The lowest BCUT2D eigenvalue weighted by molar-refractivity contribution is -0.132. The van der Waals surface area contributed by atoms with Crippen LogP contribution >= 0.6 is 15.9 Å². The maximum Gasteiger partial charge on any atom is 0.309 e. The van der Waals surface area contributed by atoms with Crippen molar-refractivity contribution in [3.05, 3.63) is 51.9 Å². The molecule has 0 fully saturated rings. The number of ketones is 2. The van der Waals surface area contributed by atoms with Crippen LogP contribution in [0.5, 0.6) is 5.88 Å². The van der Waals surface area contributed by atoms with Crippen LogP contribution in [0, 0.1) is 5.82 Å². The third kappa shape index (κ3) is 3.94. The molecule has 1 heterocycles. The van der Waals surface area contributed by atoms with Gasteiger partial charge in [0, 0.05) is 30.3 Å². The maximum absolute atomic E-state index is 13.2. The molecule has 8 heteroatoms. The number of Topliss-reactive ketones (excluding diaryl/α,β-unsaturated/α-hetero) is 2. The summed E-state index contributed by atoms with van der Waals surface area (Å²) in [5.74, 6) is -2.97. The number of hydrogen-bond acceptors (Lipinski definition) is 4. The largest absolute Gasteiger partial charge is 0.409 e. The van der Waals surface area contributed by atoms with Gasteiger partial charge in [-0.1, -0.05) is 0 Å². The molecule has 0 radical (unpaired) electrons. The number of rotatable bonds is 6. The van der Waals surface area contributed by atoms with E-state index in [0.717, 1.165) is 13.0 Å². The third-order valence-electron chi connectivity index (χ3n) is 3.08. The predicted molar refractivity (Wildman–Crippen MR) is 84.5 cm³/mol. The molecule has 0 spiro atoms. The summed E-state index contributed by atoms with van der Waals surface area (Å²) in [5, 5.41) is 0. The molecule has 0 aliphatic rings. The summed E-state index contributed by atoms with van der Waals surface area (Å²) in [6.07, 6.45) is 1.23. The molecule has 24 heavy (non-hydrogen) atoms. The Labute approximate surface area is 144 Å². The van der Waals surface area contributed by atoms with Crippen LogP contribution in [-0.4, -0.2) is 28.8 Å². The zero-order valence-electron chi connectivity index (χ0n) is 12.5. The van der Waals surface area contributed by atoms with Crippen molar-refractivity contribution in [2.45, 2.75) is 13.5 Å². The number of aromatic nitrogens is 1. The molecule has 126 valence electrons. The Morgan fingerprint density at radius 2 is 1.83 bits per heavy atom. The Kier molecular flexibility index (Phi) is 5.61. The lowest BCUT2D eigenvalue weighted by Gasteiger charge is -2.04. The number of ether oxygens (including phenoxy) is 1. The van der Waals surface area contributed by atoms with Gasteiger partial charge in [-0.15, -0.1) is 0 Å². The Morgan fingerprint density at radius 3 is 2.42 bits per heavy atom. The van der Waals surface area contributed by atoms with Gasteiger partial charge in [-0.3, -0.25) is 14.4 Å². The van der Waals surface area contributed by atoms with E-state index in [9.17, 15) is 23.2 Å². The van der Waals surface area contributed by atoms with Gasteiger partial charge in [0.1, 0.15) is 12.5 Å². The third-order valence-corrected chi connectivity index (χ3v) is 3.69. The minimum atomic E-state index is -0.875. The first kappa shape index (κ1) is 18.0. The van der Waals surface area contributed by atoms with Crippen molar-refractivity contribution in [2.24, 2.45) is 0 Å². The number of carbonyl (C=O) groups is 3. The average molecular weight is 400 g/mol. The van der Waals surface area contributed by atoms with Crippen molar-refractivity contribution >= 4 is 33.5 Å². The number of aryl methyl sites for hydroxylation is 1. The zero-order chi connectivity index (χ0) is 17.9. The van der Waals surface area contributed by atoms with Crippen molar-refractivity contribution in [2.75, 3.05) is 6.67 Å². The van der Waals surface area contributed by atoms with Crippen LogP contribution in [0.4, 0.5) is 8.78 Å². The monoisotopic (exact) mass is 399 g/mol. The van der Waals surface area contributed by atoms with E-state index >= 15 is 0 Å². The number of alkyl halides is 1. The van der Waals surface area contributed by atoms with E-state index in [4.69, 9.17) is 4.74 Å². The molecule has 0 aliphatic carbocycles. The second-order valence-corrected chi connectivity index (χ2v) is 5.68. The van der Waals surface area contributed by atoms with Crippen molar-refractivity contribution < 1.29 is 27.9 Å². The quantitative estimate of drug-likeness (QED) is 0.424. The minimum Gasteiger partial charge on any atom is -0.409 e. The Morgan fingerprint density at radius 1 is 1.17 bits per heavy atom. The molecule has 1 aromatic heterocycles. The van der Waals surface area contributed by atoms with Crippen LogP contribution in [0.2, 0.25) is 0 Å².